The van der Waals surface area contributed by atoms with Gasteiger partial charge in [-0.15, -0.1) is 0 Å². The quantitative estimate of drug-likeness (QED) is 0.0485. The van der Waals surface area contributed by atoms with Gasteiger partial charge in [-0.25, -0.2) is 9.59 Å². The molecule has 0 radical (unpaired) electrons. The molecule has 1 saturated heterocycles. The van der Waals surface area contributed by atoms with Gasteiger partial charge in [-0.1, -0.05) is 111 Å². The fourth-order valence-corrected chi connectivity index (χ4v) is 10.2. The number of hydrogen-bond donors (Lipinski definition) is 8. The summed E-state index contributed by atoms with van der Waals surface area (Å²) < 4.78 is 17.7. The van der Waals surface area contributed by atoms with Crippen molar-refractivity contribution in [2.45, 2.75) is 175 Å². The number of urea groups is 1. The predicted molar refractivity (Wildman–Crippen MR) is 305 cm³/mol. The Morgan fingerprint density at radius 2 is 1.41 bits per heavy atom. The number of ether oxygens (including phenoxy) is 3. The average molecular weight is 1120 g/mol. The maximum absolute atomic E-state index is 14.7. The summed E-state index contributed by atoms with van der Waals surface area (Å²) in [5.41, 5.74) is 12.8. The highest BCUT2D eigenvalue weighted by atomic mass is 16.6. The Labute approximate surface area is 473 Å². The summed E-state index contributed by atoms with van der Waals surface area (Å²) in [6.45, 7) is 18.7. The van der Waals surface area contributed by atoms with Crippen molar-refractivity contribution in [2.24, 2.45) is 41.1 Å². The Kier molecular flexibility index (Phi) is 27.8. The molecule has 0 aliphatic carbocycles. The highest BCUT2D eigenvalue weighted by Crippen LogP contribution is 2.30. The molecule has 22 heteroatoms. The monoisotopic (exact) mass is 1120 g/mol. The summed E-state index contributed by atoms with van der Waals surface area (Å²) in [6.07, 6.45) is -0.736. The van der Waals surface area contributed by atoms with Crippen LogP contribution in [-0.2, 0) is 49.6 Å². The molecule has 0 unspecified atom stereocenters. The lowest BCUT2D eigenvalue weighted by Crippen LogP contribution is -2.60. The van der Waals surface area contributed by atoms with Gasteiger partial charge < -0.3 is 67.2 Å². The normalized spacial score (nSPS) is 17.6. The molecule has 1 fully saturated rings. The topological polar surface area (TPSA) is 306 Å². The first-order valence-corrected chi connectivity index (χ1v) is 28.0. The molecule has 1 aliphatic rings. The third kappa shape index (κ3) is 19.4. The molecule has 22 nitrogen and oxygen atoms in total. The van der Waals surface area contributed by atoms with Crippen LogP contribution in [0.1, 0.15) is 125 Å². The number of likely N-dealkylation sites (tertiary alicyclic amines) is 1. The van der Waals surface area contributed by atoms with E-state index < -0.39 is 114 Å². The molecule has 2 aromatic rings. The van der Waals surface area contributed by atoms with Crippen LogP contribution >= 0.6 is 0 Å². The molecular weight excluding hydrogens is 1030 g/mol. The largest absolute Gasteiger partial charge is 0.445 e. The molecule has 9 amide bonds. The minimum atomic E-state index is -1.05. The fraction of sp³-hybridized carbons (Fsp3) is 0.655. The number of likely N-dealkylation sites (N-methyl/N-ethyl adjacent to an activating group) is 2. The van der Waals surface area contributed by atoms with Crippen molar-refractivity contribution in [3.05, 3.63) is 65.7 Å². The molecule has 0 aromatic heterocycles. The smallest absolute Gasteiger partial charge is 0.410 e. The van der Waals surface area contributed by atoms with Crippen molar-refractivity contribution in [1.29, 1.82) is 0 Å². The number of aliphatic hydroxyl groups is 1. The van der Waals surface area contributed by atoms with E-state index in [0.717, 1.165) is 0 Å². The SMILES string of the molecule is CC[C@H](C)[C@@H]([C@@H](CC(=O)N1CCC[C@H]1[C@H](OC)[C@@H](C)C(=O)N[C@H](C)[C@@H](O)c1ccccc1)OC)N(C)C(=O)[C@@H](NC(=O)[C@H](C(C)C)N(C)C(=O)OCc1ccc(NC(=O)[C@H](CCCNC(N)=O)NC(=O)[C@@H](N)C(C)C)cc1)C(C)C. The Bertz CT molecular complexity index is 2320. The second kappa shape index (κ2) is 32.8. The number of anilines is 1. The van der Waals surface area contributed by atoms with Crippen LogP contribution in [0.25, 0.3) is 0 Å². The third-order valence-electron chi connectivity index (χ3n) is 15.3. The third-order valence-corrected chi connectivity index (χ3v) is 15.3. The summed E-state index contributed by atoms with van der Waals surface area (Å²) in [4.78, 5) is 112. The first-order valence-electron chi connectivity index (χ1n) is 28.0. The molecule has 3 rings (SSSR count). The average Bonchev–Trinajstić information content (AvgIpc) is 3.91. The van der Waals surface area contributed by atoms with Crippen molar-refractivity contribution in [3.8, 4) is 0 Å². The zero-order valence-electron chi connectivity index (χ0n) is 49.7. The van der Waals surface area contributed by atoms with Crippen LogP contribution in [0.3, 0.4) is 0 Å². The van der Waals surface area contributed by atoms with Gasteiger partial charge in [0, 0.05) is 47.1 Å². The van der Waals surface area contributed by atoms with Gasteiger partial charge in [0.25, 0.3) is 0 Å². The van der Waals surface area contributed by atoms with E-state index in [-0.39, 0.29) is 49.6 Å². The number of aliphatic hydroxyl groups excluding tert-OH is 1. The zero-order chi connectivity index (χ0) is 60.1. The lowest BCUT2D eigenvalue weighted by Gasteiger charge is -2.41. The van der Waals surface area contributed by atoms with Crippen molar-refractivity contribution in [3.63, 3.8) is 0 Å². The van der Waals surface area contributed by atoms with Crippen molar-refractivity contribution in [1.82, 2.24) is 36.0 Å². The highest BCUT2D eigenvalue weighted by Gasteiger charge is 2.44. The van der Waals surface area contributed by atoms with E-state index in [2.05, 4.69) is 26.6 Å². The van der Waals surface area contributed by atoms with Crippen LogP contribution in [0.15, 0.2) is 54.6 Å². The molecule has 0 spiro atoms. The molecule has 80 heavy (non-hydrogen) atoms. The van der Waals surface area contributed by atoms with Gasteiger partial charge in [0.1, 0.15) is 24.7 Å². The Hall–Kier alpha value is -6.36. The minimum Gasteiger partial charge on any atom is -0.445 e. The number of hydrogen-bond acceptors (Lipinski definition) is 13. The van der Waals surface area contributed by atoms with E-state index in [1.807, 2.05) is 45.9 Å². The summed E-state index contributed by atoms with van der Waals surface area (Å²) in [5, 5.41) is 24.8. The molecule has 10 N–H and O–H groups in total. The van der Waals surface area contributed by atoms with E-state index in [4.69, 9.17) is 25.7 Å². The van der Waals surface area contributed by atoms with Crippen LogP contribution in [0.4, 0.5) is 15.3 Å². The number of carbonyl (C=O) groups excluding carboxylic acids is 8. The van der Waals surface area contributed by atoms with Gasteiger partial charge in [0.15, 0.2) is 0 Å². The van der Waals surface area contributed by atoms with Crippen LogP contribution in [-0.4, -0.2) is 163 Å². The fourth-order valence-electron chi connectivity index (χ4n) is 10.2. The van der Waals surface area contributed by atoms with Crippen LogP contribution in [0, 0.1) is 29.6 Å². The van der Waals surface area contributed by atoms with E-state index in [1.165, 1.54) is 26.2 Å². The van der Waals surface area contributed by atoms with E-state index >= 15 is 0 Å². The first-order chi connectivity index (χ1) is 37.7. The number of nitrogens with one attached hydrogen (secondary N) is 5. The summed E-state index contributed by atoms with van der Waals surface area (Å²) >= 11 is 0. The van der Waals surface area contributed by atoms with Crippen molar-refractivity contribution in [2.75, 3.05) is 46.7 Å². The van der Waals surface area contributed by atoms with Gasteiger partial charge in [-0.05, 0) is 79.5 Å². The van der Waals surface area contributed by atoms with Gasteiger partial charge >= 0.3 is 12.1 Å². The van der Waals surface area contributed by atoms with Crippen molar-refractivity contribution >= 4 is 53.3 Å². The molecular formula is C58H94N10O12. The van der Waals surface area contributed by atoms with Gasteiger partial charge in [-0.2, -0.15) is 0 Å². The van der Waals surface area contributed by atoms with Gasteiger partial charge in [0.2, 0.25) is 35.4 Å². The molecule has 12 atom stereocenters. The number of primary amides is 1. The number of carbonyl (C=O) groups is 8. The number of nitrogens with zero attached hydrogens (tertiary/aromatic N) is 3. The second-order valence-electron chi connectivity index (χ2n) is 22.3. The lowest BCUT2D eigenvalue weighted by molar-refractivity contribution is -0.148. The van der Waals surface area contributed by atoms with E-state index in [1.54, 1.807) is 94.8 Å². The Balaban J connectivity index is 1.70. The zero-order valence-corrected chi connectivity index (χ0v) is 49.7. The molecule has 1 aliphatic heterocycles. The second-order valence-corrected chi connectivity index (χ2v) is 22.3. The summed E-state index contributed by atoms with van der Waals surface area (Å²) in [5.74, 6) is -4.32. The van der Waals surface area contributed by atoms with E-state index in [0.29, 0.717) is 49.0 Å². The number of amides is 9. The molecule has 0 bridgehead atoms. The summed E-state index contributed by atoms with van der Waals surface area (Å²) in [7, 11) is 6.12. The minimum absolute atomic E-state index is 0.0747. The summed E-state index contributed by atoms with van der Waals surface area (Å²) in [6, 6.07) is 9.37. The molecule has 0 saturated carbocycles. The number of benzene rings is 2. The van der Waals surface area contributed by atoms with Crippen molar-refractivity contribution < 1.29 is 57.7 Å². The molecule has 1 heterocycles. The Morgan fingerprint density at radius 1 is 0.775 bits per heavy atom. The lowest BCUT2D eigenvalue weighted by atomic mass is 9.89. The Morgan fingerprint density at radius 3 is 1.96 bits per heavy atom. The van der Waals surface area contributed by atoms with Crippen LogP contribution in [0.5, 0.6) is 0 Å². The van der Waals surface area contributed by atoms with Gasteiger partial charge in [-0.3, -0.25) is 33.7 Å². The van der Waals surface area contributed by atoms with Crippen LogP contribution < -0.4 is 38.1 Å². The standard InChI is InChI=1S/C58H94N10O12/c1-15-36(8)49(44(78-13)31-45(69)68-30-20-24-43(68)51(79-14)37(9)52(71)62-38(10)50(70)40-21-17-16-18-22-40)66(11)56(75)47(34(4)5)65-55(74)48(35(6)7)67(12)58(77)80-32-39-25-27-41(28-26-39)63-53(72)42(23-19-29-61-57(60)76)64-54(73)46(59)33(2)3/h16-18,21-22,25-28,33-38,42-44,46-51,70H,15,19-20,23-24,29-32,59H2,1-14H3,(H,62,71)(H,63,72)(H,64,73)(H,65,74)(H3,60,61,76)/t36-,37+,38+,42-,43-,44+,46-,47-,48-,49-,50+,51+/m0/s1. The number of rotatable bonds is 31. The predicted octanol–water partition coefficient (Wildman–Crippen LogP) is 4.43. The maximum Gasteiger partial charge on any atom is 0.410 e. The highest BCUT2D eigenvalue weighted by molar-refractivity contribution is 5.98. The maximum atomic E-state index is 14.7. The molecule has 448 valence electrons. The number of methoxy groups -OCH3 is 2. The first kappa shape index (κ1) is 67.9. The van der Waals surface area contributed by atoms with Gasteiger partial charge in [0.05, 0.1) is 54.8 Å². The number of nitrogens with two attached hydrogens (primary N) is 2. The van der Waals surface area contributed by atoms with Crippen LogP contribution in [0.2, 0.25) is 0 Å². The molecule has 2 aromatic carbocycles. The van der Waals surface area contributed by atoms with E-state index in [9.17, 15) is 43.5 Å².